The number of halogens is 1. The molecule has 1 amide bonds. The smallest absolute Gasteiger partial charge is 0.232 e. The number of amides is 1. The van der Waals surface area contributed by atoms with Crippen LogP contribution < -0.4 is 5.14 Å². The highest BCUT2D eigenvalue weighted by atomic mass is 32.2. The molecule has 116 valence electrons. The van der Waals surface area contributed by atoms with E-state index in [0.29, 0.717) is 18.5 Å². The Morgan fingerprint density at radius 2 is 1.90 bits per heavy atom. The zero-order valence-electron chi connectivity index (χ0n) is 12.0. The molecule has 1 atom stereocenters. The van der Waals surface area contributed by atoms with Crippen LogP contribution in [-0.2, 0) is 20.2 Å². The average molecular weight is 314 g/mol. The van der Waals surface area contributed by atoms with Crippen molar-refractivity contribution in [3.63, 3.8) is 0 Å². The molecule has 0 aromatic heterocycles. The molecule has 1 aliphatic rings. The van der Waals surface area contributed by atoms with Crippen molar-refractivity contribution in [2.75, 3.05) is 13.1 Å². The van der Waals surface area contributed by atoms with Crippen LogP contribution >= 0.6 is 0 Å². The second kappa shape index (κ2) is 5.38. The van der Waals surface area contributed by atoms with Gasteiger partial charge < -0.3 is 4.90 Å². The number of rotatable bonds is 3. The summed E-state index contributed by atoms with van der Waals surface area (Å²) in [5.74, 6) is -0.544. The van der Waals surface area contributed by atoms with E-state index in [2.05, 4.69) is 0 Å². The Morgan fingerprint density at radius 1 is 1.33 bits per heavy atom. The number of benzene rings is 1. The van der Waals surface area contributed by atoms with E-state index in [-0.39, 0.29) is 18.3 Å². The van der Waals surface area contributed by atoms with Crippen molar-refractivity contribution < 1.29 is 17.6 Å². The van der Waals surface area contributed by atoms with Gasteiger partial charge >= 0.3 is 0 Å². The van der Waals surface area contributed by atoms with Gasteiger partial charge in [0.25, 0.3) is 0 Å². The molecule has 0 spiro atoms. The number of hydrogen-bond donors (Lipinski definition) is 1. The summed E-state index contributed by atoms with van der Waals surface area (Å²) in [5, 5.41) is 4.43. The number of carbonyl (C=O) groups excluding carboxylic acids is 1. The summed E-state index contributed by atoms with van der Waals surface area (Å²) in [7, 11) is -3.63. The first-order valence-corrected chi connectivity index (χ1v) is 8.30. The third-order valence-corrected chi connectivity index (χ3v) is 5.31. The fourth-order valence-corrected chi connectivity index (χ4v) is 3.39. The predicted octanol–water partition coefficient (Wildman–Crippen LogP) is 0.993. The van der Waals surface area contributed by atoms with E-state index in [0.717, 1.165) is 0 Å². The summed E-state index contributed by atoms with van der Waals surface area (Å²) >= 11 is 0. The van der Waals surface area contributed by atoms with Crippen LogP contribution in [0.1, 0.15) is 25.8 Å². The quantitative estimate of drug-likeness (QED) is 0.903. The van der Waals surface area contributed by atoms with Crippen LogP contribution in [0, 0.1) is 5.82 Å². The van der Waals surface area contributed by atoms with Crippen LogP contribution in [0.2, 0.25) is 0 Å². The van der Waals surface area contributed by atoms with Gasteiger partial charge in [0.15, 0.2) is 0 Å². The molecular formula is C14H19FN2O3S. The van der Waals surface area contributed by atoms with Crippen molar-refractivity contribution in [2.45, 2.75) is 30.9 Å². The minimum Gasteiger partial charge on any atom is -0.341 e. The van der Waals surface area contributed by atoms with E-state index in [1.54, 1.807) is 26.0 Å². The number of sulfonamides is 1. The number of nitrogens with two attached hydrogens (primary N) is 1. The van der Waals surface area contributed by atoms with Gasteiger partial charge in [-0.05, 0) is 38.0 Å². The molecule has 7 heteroatoms. The summed E-state index contributed by atoms with van der Waals surface area (Å²) in [6, 6.07) is 5.75. The molecule has 1 saturated heterocycles. The van der Waals surface area contributed by atoms with Crippen LogP contribution in [0.4, 0.5) is 4.39 Å². The SMILES string of the molecule is CC(C)(C(=O)N1CC[C@@H](S(N)(=O)=O)C1)c1ccc(F)cc1. The number of carbonyl (C=O) groups is 1. The topological polar surface area (TPSA) is 80.5 Å². The van der Waals surface area contributed by atoms with Crippen molar-refractivity contribution in [1.29, 1.82) is 0 Å². The summed E-state index contributed by atoms with van der Waals surface area (Å²) in [4.78, 5) is 14.1. The van der Waals surface area contributed by atoms with E-state index < -0.39 is 20.7 Å². The molecule has 0 saturated carbocycles. The van der Waals surface area contributed by atoms with E-state index >= 15 is 0 Å². The highest BCUT2D eigenvalue weighted by molar-refractivity contribution is 7.89. The first kappa shape index (κ1) is 15.9. The van der Waals surface area contributed by atoms with E-state index in [9.17, 15) is 17.6 Å². The predicted molar refractivity (Wildman–Crippen MR) is 77.5 cm³/mol. The van der Waals surface area contributed by atoms with Crippen molar-refractivity contribution >= 4 is 15.9 Å². The Hall–Kier alpha value is -1.47. The van der Waals surface area contributed by atoms with Gasteiger partial charge in [-0.15, -0.1) is 0 Å². The molecule has 1 aliphatic heterocycles. The van der Waals surface area contributed by atoms with Gasteiger partial charge in [-0.25, -0.2) is 17.9 Å². The Kier molecular flexibility index (Phi) is 4.08. The third-order valence-electron chi connectivity index (χ3n) is 4.00. The van der Waals surface area contributed by atoms with Gasteiger partial charge in [0.05, 0.1) is 10.7 Å². The Labute approximate surface area is 124 Å². The second-order valence-corrected chi connectivity index (χ2v) is 7.73. The molecule has 2 rings (SSSR count). The van der Waals surface area contributed by atoms with Crippen molar-refractivity contribution in [1.82, 2.24) is 4.90 Å². The fraction of sp³-hybridized carbons (Fsp3) is 0.500. The van der Waals surface area contributed by atoms with Gasteiger partial charge in [-0.3, -0.25) is 4.79 Å². The summed E-state index contributed by atoms with van der Waals surface area (Å²) in [5.41, 5.74) is -0.158. The lowest BCUT2D eigenvalue weighted by Gasteiger charge is -2.29. The fourth-order valence-electron chi connectivity index (χ4n) is 2.57. The van der Waals surface area contributed by atoms with Gasteiger partial charge in [0.2, 0.25) is 15.9 Å². The maximum atomic E-state index is 13.0. The standard InChI is InChI=1S/C14H19FN2O3S/c1-14(2,10-3-5-11(15)6-4-10)13(18)17-8-7-12(9-17)21(16,19)20/h3-6,12H,7-9H2,1-2H3,(H2,16,19,20)/t12-/m1/s1. The molecule has 2 N–H and O–H groups in total. The lowest BCUT2D eigenvalue weighted by atomic mass is 9.83. The molecule has 5 nitrogen and oxygen atoms in total. The molecule has 0 bridgehead atoms. The highest BCUT2D eigenvalue weighted by Gasteiger charge is 2.39. The summed E-state index contributed by atoms with van der Waals surface area (Å²) in [6.07, 6.45) is 0.351. The second-order valence-electron chi connectivity index (χ2n) is 5.88. The first-order chi connectivity index (χ1) is 9.62. The molecule has 1 aromatic rings. The van der Waals surface area contributed by atoms with Crippen molar-refractivity contribution in [3.05, 3.63) is 35.6 Å². The summed E-state index contributed by atoms with van der Waals surface area (Å²) < 4.78 is 35.7. The molecule has 0 aliphatic carbocycles. The zero-order chi connectivity index (χ0) is 15.8. The number of primary sulfonamides is 1. The Bertz CT molecular complexity index is 641. The molecule has 0 radical (unpaired) electrons. The minimum absolute atomic E-state index is 0.113. The minimum atomic E-state index is -3.63. The molecule has 0 unspecified atom stereocenters. The van der Waals surface area contributed by atoms with Crippen LogP contribution in [0.3, 0.4) is 0 Å². The van der Waals surface area contributed by atoms with Gasteiger partial charge in [0, 0.05) is 13.1 Å². The van der Waals surface area contributed by atoms with Gasteiger partial charge in [0.1, 0.15) is 5.82 Å². The maximum absolute atomic E-state index is 13.0. The number of nitrogens with zero attached hydrogens (tertiary/aromatic N) is 1. The summed E-state index contributed by atoms with van der Waals surface area (Å²) in [6.45, 7) is 3.96. The van der Waals surface area contributed by atoms with Crippen LogP contribution in [0.15, 0.2) is 24.3 Å². The largest absolute Gasteiger partial charge is 0.341 e. The Balaban J connectivity index is 2.18. The van der Waals surface area contributed by atoms with Crippen LogP contribution in [0.5, 0.6) is 0 Å². The average Bonchev–Trinajstić information content (AvgIpc) is 2.87. The number of likely N-dealkylation sites (tertiary alicyclic amines) is 1. The normalized spacial score (nSPS) is 19.8. The first-order valence-electron chi connectivity index (χ1n) is 6.69. The van der Waals surface area contributed by atoms with E-state index in [1.165, 1.54) is 17.0 Å². The highest BCUT2D eigenvalue weighted by Crippen LogP contribution is 2.28. The van der Waals surface area contributed by atoms with Crippen molar-refractivity contribution in [2.24, 2.45) is 5.14 Å². The lowest BCUT2D eigenvalue weighted by molar-refractivity contribution is -0.135. The third kappa shape index (κ3) is 3.24. The molecule has 1 aromatic carbocycles. The molecular weight excluding hydrogens is 295 g/mol. The van der Waals surface area contributed by atoms with E-state index in [1.807, 2.05) is 0 Å². The molecule has 1 fully saturated rings. The van der Waals surface area contributed by atoms with E-state index in [4.69, 9.17) is 5.14 Å². The van der Waals surface area contributed by atoms with Gasteiger partial charge in [-0.2, -0.15) is 0 Å². The lowest BCUT2D eigenvalue weighted by Crippen LogP contribution is -2.43. The monoisotopic (exact) mass is 314 g/mol. The van der Waals surface area contributed by atoms with Gasteiger partial charge in [-0.1, -0.05) is 12.1 Å². The maximum Gasteiger partial charge on any atom is 0.232 e. The molecule has 1 heterocycles. The zero-order valence-corrected chi connectivity index (χ0v) is 12.9. The number of hydrogen-bond acceptors (Lipinski definition) is 3. The Morgan fingerprint density at radius 3 is 2.38 bits per heavy atom. The molecule has 21 heavy (non-hydrogen) atoms. The van der Waals surface area contributed by atoms with Crippen LogP contribution in [0.25, 0.3) is 0 Å². The van der Waals surface area contributed by atoms with Crippen LogP contribution in [-0.4, -0.2) is 37.6 Å². The van der Waals surface area contributed by atoms with Crippen molar-refractivity contribution in [3.8, 4) is 0 Å².